The average molecular weight is 436 g/mol. The number of hydrogen-bond acceptors (Lipinski definition) is 4. The first-order valence-corrected chi connectivity index (χ1v) is 12.4. The van der Waals surface area contributed by atoms with Gasteiger partial charge in [0.25, 0.3) is 0 Å². The van der Waals surface area contributed by atoms with Gasteiger partial charge in [-0.1, -0.05) is 19.9 Å². The van der Waals surface area contributed by atoms with E-state index < -0.39 is 10.0 Å². The second-order valence-electron chi connectivity index (χ2n) is 8.63. The number of likely N-dealkylation sites (tertiary alicyclic amines) is 1. The predicted octanol–water partition coefficient (Wildman–Crippen LogP) is 2.00. The van der Waals surface area contributed by atoms with Gasteiger partial charge in [0.05, 0.1) is 4.90 Å². The van der Waals surface area contributed by atoms with Crippen molar-refractivity contribution in [2.45, 2.75) is 69.7 Å². The number of piperidine rings is 1. The molecule has 8 heteroatoms. The van der Waals surface area contributed by atoms with Crippen molar-refractivity contribution in [2.75, 3.05) is 19.6 Å². The van der Waals surface area contributed by atoms with E-state index in [2.05, 4.69) is 10.0 Å². The minimum Gasteiger partial charge on any atom is -0.351 e. The zero-order valence-electron chi connectivity index (χ0n) is 17.9. The van der Waals surface area contributed by atoms with Crippen molar-refractivity contribution in [1.82, 2.24) is 14.9 Å². The molecular weight excluding hydrogens is 402 g/mol. The van der Waals surface area contributed by atoms with Crippen LogP contribution in [0.15, 0.2) is 23.1 Å². The molecule has 2 N–H and O–H groups in total. The Morgan fingerprint density at radius 2 is 1.87 bits per heavy atom. The van der Waals surface area contributed by atoms with Crippen molar-refractivity contribution in [3.05, 3.63) is 29.3 Å². The molecule has 0 aromatic heterocycles. The maximum atomic E-state index is 12.6. The summed E-state index contributed by atoms with van der Waals surface area (Å²) in [6.45, 7) is 4.88. The maximum Gasteiger partial charge on any atom is 0.240 e. The molecule has 7 nitrogen and oxygen atoms in total. The van der Waals surface area contributed by atoms with Gasteiger partial charge in [-0.25, -0.2) is 13.1 Å². The van der Waals surface area contributed by atoms with Crippen LogP contribution in [0.5, 0.6) is 0 Å². The fourth-order valence-electron chi connectivity index (χ4n) is 4.10. The molecule has 30 heavy (non-hydrogen) atoms. The summed E-state index contributed by atoms with van der Waals surface area (Å²) in [4.78, 5) is 26.5. The standard InChI is InChI=1S/C22H33N3O4S/c1-16(2)22(27)24-19-8-5-13-25(15-19)21(26)11-12-23-30(28,29)20-10-9-17-6-3-4-7-18(17)14-20/h9-10,14,16,19,23H,3-8,11-13,15H2,1-2H3,(H,24,27). The largest absolute Gasteiger partial charge is 0.351 e. The molecular formula is C22H33N3O4S. The molecule has 0 saturated carbocycles. The highest BCUT2D eigenvalue weighted by molar-refractivity contribution is 7.89. The molecule has 0 spiro atoms. The number of nitrogens with one attached hydrogen (secondary N) is 2. The van der Waals surface area contributed by atoms with Crippen LogP contribution in [0.3, 0.4) is 0 Å². The number of carbonyl (C=O) groups is 2. The van der Waals surface area contributed by atoms with Gasteiger partial charge in [-0.3, -0.25) is 9.59 Å². The molecule has 1 unspecified atom stereocenters. The number of benzene rings is 1. The lowest BCUT2D eigenvalue weighted by atomic mass is 9.92. The SMILES string of the molecule is CC(C)C(=O)NC1CCCN(C(=O)CCNS(=O)(=O)c2ccc3c(c2)CCCC3)C1. The molecule has 1 aliphatic heterocycles. The average Bonchev–Trinajstić information content (AvgIpc) is 2.73. The first kappa shape index (κ1) is 22.7. The number of hydrogen-bond donors (Lipinski definition) is 2. The van der Waals surface area contributed by atoms with Crippen molar-refractivity contribution < 1.29 is 18.0 Å². The second-order valence-corrected chi connectivity index (χ2v) is 10.4. The number of sulfonamides is 1. The van der Waals surface area contributed by atoms with Crippen molar-refractivity contribution in [2.24, 2.45) is 5.92 Å². The molecule has 0 radical (unpaired) electrons. The molecule has 1 aromatic carbocycles. The fourth-order valence-corrected chi connectivity index (χ4v) is 5.18. The Labute approximate surface area is 179 Å². The van der Waals surface area contributed by atoms with E-state index in [-0.39, 0.29) is 41.6 Å². The lowest BCUT2D eigenvalue weighted by Gasteiger charge is -2.33. The number of rotatable bonds is 7. The molecule has 3 rings (SSSR count). The molecule has 1 heterocycles. The zero-order valence-corrected chi connectivity index (χ0v) is 18.8. The van der Waals surface area contributed by atoms with Crippen LogP contribution in [0.2, 0.25) is 0 Å². The summed E-state index contributed by atoms with van der Waals surface area (Å²) in [7, 11) is -3.63. The monoisotopic (exact) mass is 435 g/mol. The van der Waals surface area contributed by atoms with E-state index in [9.17, 15) is 18.0 Å². The number of fused-ring (bicyclic) bond motifs is 1. The molecule has 1 aromatic rings. The van der Waals surface area contributed by atoms with Crippen molar-refractivity contribution >= 4 is 21.8 Å². The van der Waals surface area contributed by atoms with Crippen LogP contribution in [0.1, 0.15) is 57.1 Å². The lowest BCUT2D eigenvalue weighted by Crippen LogP contribution is -2.50. The molecule has 2 amide bonds. The zero-order chi connectivity index (χ0) is 21.7. The Kier molecular flexibility index (Phi) is 7.52. The normalized spacial score (nSPS) is 19.4. The van der Waals surface area contributed by atoms with Crippen LogP contribution in [0, 0.1) is 5.92 Å². The van der Waals surface area contributed by atoms with E-state index in [0.29, 0.717) is 13.1 Å². The Morgan fingerprint density at radius 1 is 1.13 bits per heavy atom. The Balaban J connectivity index is 1.50. The van der Waals surface area contributed by atoms with Gasteiger partial charge in [0.15, 0.2) is 0 Å². The first-order valence-electron chi connectivity index (χ1n) is 11.0. The van der Waals surface area contributed by atoms with Crippen LogP contribution >= 0.6 is 0 Å². The smallest absolute Gasteiger partial charge is 0.240 e. The highest BCUT2D eigenvalue weighted by atomic mass is 32.2. The second kappa shape index (κ2) is 9.92. The van der Waals surface area contributed by atoms with Crippen molar-refractivity contribution in [3.8, 4) is 0 Å². The molecule has 1 atom stereocenters. The van der Waals surface area contributed by atoms with Gasteiger partial charge >= 0.3 is 0 Å². The third-order valence-electron chi connectivity index (χ3n) is 5.91. The highest BCUT2D eigenvalue weighted by Crippen LogP contribution is 2.24. The minimum absolute atomic E-state index is 0.00731. The summed E-state index contributed by atoms with van der Waals surface area (Å²) in [5.41, 5.74) is 2.35. The quantitative estimate of drug-likeness (QED) is 0.685. The molecule has 1 aliphatic carbocycles. The Morgan fingerprint density at radius 3 is 2.60 bits per heavy atom. The van der Waals surface area contributed by atoms with Gasteiger partial charge in [-0.15, -0.1) is 0 Å². The van der Waals surface area contributed by atoms with Gasteiger partial charge < -0.3 is 10.2 Å². The summed E-state index contributed by atoms with van der Waals surface area (Å²) in [5, 5.41) is 2.99. The van der Waals surface area contributed by atoms with Gasteiger partial charge in [0.2, 0.25) is 21.8 Å². The van der Waals surface area contributed by atoms with Gasteiger partial charge in [-0.2, -0.15) is 0 Å². The van der Waals surface area contributed by atoms with Crippen LogP contribution < -0.4 is 10.0 Å². The number of nitrogens with zero attached hydrogens (tertiary/aromatic N) is 1. The minimum atomic E-state index is -3.63. The summed E-state index contributed by atoms with van der Waals surface area (Å²) in [6, 6.07) is 5.30. The predicted molar refractivity (Wildman–Crippen MR) is 115 cm³/mol. The fraction of sp³-hybridized carbons (Fsp3) is 0.636. The molecule has 0 bridgehead atoms. The van der Waals surface area contributed by atoms with E-state index in [1.807, 2.05) is 19.9 Å². The summed E-state index contributed by atoms with van der Waals surface area (Å²) < 4.78 is 27.8. The summed E-state index contributed by atoms with van der Waals surface area (Å²) in [5.74, 6) is -0.187. The van der Waals surface area contributed by atoms with Crippen LogP contribution in [0.25, 0.3) is 0 Å². The van der Waals surface area contributed by atoms with Crippen LogP contribution in [-0.4, -0.2) is 50.8 Å². The first-order chi connectivity index (χ1) is 14.3. The van der Waals surface area contributed by atoms with Crippen molar-refractivity contribution in [1.29, 1.82) is 0 Å². The van der Waals surface area contributed by atoms with Crippen LogP contribution in [0.4, 0.5) is 0 Å². The highest BCUT2D eigenvalue weighted by Gasteiger charge is 2.25. The van der Waals surface area contributed by atoms with E-state index in [1.54, 1.807) is 17.0 Å². The molecule has 1 fully saturated rings. The third-order valence-corrected chi connectivity index (χ3v) is 7.36. The van der Waals surface area contributed by atoms with E-state index >= 15 is 0 Å². The summed E-state index contributed by atoms with van der Waals surface area (Å²) in [6.07, 6.45) is 5.95. The van der Waals surface area contributed by atoms with Crippen molar-refractivity contribution in [3.63, 3.8) is 0 Å². The van der Waals surface area contributed by atoms with Gasteiger partial charge in [-0.05, 0) is 61.8 Å². The molecule has 2 aliphatic rings. The topological polar surface area (TPSA) is 95.6 Å². The van der Waals surface area contributed by atoms with Gasteiger partial charge in [0.1, 0.15) is 0 Å². The van der Waals surface area contributed by atoms with Gasteiger partial charge in [0, 0.05) is 38.0 Å². The molecule has 166 valence electrons. The van der Waals surface area contributed by atoms with Crippen LogP contribution in [-0.2, 0) is 32.5 Å². The molecule has 1 saturated heterocycles. The number of aryl methyl sites for hydroxylation is 2. The van der Waals surface area contributed by atoms with E-state index in [0.717, 1.165) is 44.1 Å². The maximum absolute atomic E-state index is 12.6. The number of amides is 2. The lowest BCUT2D eigenvalue weighted by molar-refractivity contribution is -0.133. The van der Waals surface area contributed by atoms with E-state index in [1.165, 1.54) is 5.56 Å². The Hall–Kier alpha value is -1.93. The Bertz CT molecular complexity index is 882. The summed E-state index contributed by atoms with van der Waals surface area (Å²) >= 11 is 0. The van der Waals surface area contributed by atoms with E-state index in [4.69, 9.17) is 0 Å². The third kappa shape index (κ3) is 5.82. The number of carbonyl (C=O) groups excluding carboxylic acids is 2.